The number of ether oxygens (including phenoxy) is 2. The van der Waals surface area contributed by atoms with Gasteiger partial charge in [-0.05, 0) is 6.92 Å². The lowest BCUT2D eigenvalue weighted by Gasteiger charge is -2.27. The predicted molar refractivity (Wildman–Crippen MR) is 76.7 cm³/mol. The molecule has 0 spiro atoms. The predicted octanol–water partition coefficient (Wildman–Crippen LogP) is 0.460. The summed E-state index contributed by atoms with van der Waals surface area (Å²) in [5, 5.41) is 29.4. The first kappa shape index (κ1) is 17.9. The van der Waals surface area contributed by atoms with Crippen LogP contribution in [0.15, 0.2) is 12.5 Å². The normalized spacial score (nSPS) is 30.2. The number of rotatable bonds is 3. The van der Waals surface area contributed by atoms with Gasteiger partial charge in [-0.25, -0.2) is 9.97 Å². The van der Waals surface area contributed by atoms with Crippen LogP contribution >= 0.6 is 0 Å². The molecule has 1 aliphatic rings. The lowest BCUT2D eigenvalue weighted by atomic mass is 9.96. The van der Waals surface area contributed by atoms with E-state index in [1.807, 2.05) is 0 Å². The van der Waals surface area contributed by atoms with Crippen LogP contribution in [0.2, 0.25) is 0 Å². The third-order valence-electron chi connectivity index (χ3n) is 4.26. The van der Waals surface area contributed by atoms with E-state index in [9.17, 15) is 28.5 Å². The Morgan fingerprint density at radius 1 is 1.40 bits per heavy atom. The summed E-state index contributed by atoms with van der Waals surface area (Å²) in [5.74, 6) is -0.284. The van der Waals surface area contributed by atoms with Crippen molar-refractivity contribution in [2.75, 3.05) is 13.7 Å². The van der Waals surface area contributed by atoms with Crippen molar-refractivity contribution in [3.05, 3.63) is 18.1 Å². The van der Waals surface area contributed by atoms with Gasteiger partial charge in [0.2, 0.25) is 5.88 Å². The van der Waals surface area contributed by atoms with Crippen LogP contribution in [0.3, 0.4) is 0 Å². The molecule has 25 heavy (non-hydrogen) atoms. The molecule has 1 fully saturated rings. The molecule has 11 heteroatoms. The first-order valence-corrected chi connectivity index (χ1v) is 7.26. The van der Waals surface area contributed by atoms with Crippen LogP contribution < -0.4 is 4.74 Å². The monoisotopic (exact) mass is 363 g/mol. The molecule has 0 amide bonds. The van der Waals surface area contributed by atoms with Gasteiger partial charge < -0.3 is 29.4 Å². The fourth-order valence-electron chi connectivity index (χ4n) is 3.00. The van der Waals surface area contributed by atoms with Gasteiger partial charge in [0.25, 0.3) is 0 Å². The van der Waals surface area contributed by atoms with Gasteiger partial charge in [-0.15, -0.1) is 0 Å². The third kappa shape index (κ3) is 2.63. The molecule has 2 unspecified atom stereocenters. The number of methoxy groups -OCH3 is 1. The van der Waals surface area contributed by atoms with Gasteiger partial charge in [-0.2, -0.15) is 13.2 Å². The summed E-state index contributed by atoms with van der Waals surface area (Å²) in [6, 6.07) is 0. The van der Waals surface area contributed by atoms with Crippen molar-refractivity contribution in [3.8, 4) is 5.88 Å². The van der Waals surface area contributed by atoms with Crippen LogP contribution in [0.5, 0.6) is 5.88 Å². The van der Waals surface area contributed by atoms with Crippen LogP contribution in [0.4, 0.5) is 13.2 Å². The molecule has 0 aromatic carbocycles. The fourth-order valence-corrected chi connectivity index (χ4v) is 3.00. The van der Waals surface area contributed by atoms with E-state index in [-0.39, 0.29) is 16.9 Å². The molecular weight excluding hydrogens is 347 g/mol. The van der Waals surface area contributed by atoms with Crippen molar-refractivity contribution < 1.29 is 38.0 Å². The highest BCUT2D eigenvalue weighted by Crippen LogP contribution is 2.44. The molecule has 3 N–H and O–H groups in total. The highest BCUT2D eigenvalue weighted by Gasteiger charge is 2.54. The molecule has 8 nitrogen and oxygen atoms in total. The van der Waals surface area contributed by atoms with Crippen LogP contribution in [-0.4, -0.2) is 61.4 Å². The topological polar surface area (TPSA) is 110 Å². The Hall–Kier alpha value is -1.95. The van der Waals surface area contributed by atoms with E-state index in [4.69, 9.17) is 9.47 Å². The quantitative estimate of drug-likeness (QED) is 0.727. The summed E-state index contributed by atoms with van der Waals surface area (Å²) in [6.45, 7) is 0.590. The summed E-state index contributed by atoms with van der Waals surface area (Å²) >= 11 is 0. The molecule has 0 saturated carbocycles. The van der Waals surface area contributed by atoms with E-state index >= 15 is 0 Å². The second-order valence-corrected chi connectivity index (χ2v) is 5.91. The maximum Gasteiger partial charge on any atom is 0.418 e. The van der Waals surface area contributed by atoms with Crippen molar-refractivity contribution in [2.45, 2.75) is 37.1 Å². The lowest BCUT2D eigenvalue weighted by Crippen LogP contribution is -2.44. The summed E-state index contributed by atoms with van der Waals surface area (Å²) in [7, 11) is 1.17. The highest BCUT2D eigenvalue weighted by atomic mass is 19.4. The van der Waals surface area contributed by atoms with Crippen LogP contribution in [0.25, 0.3) is 11.0 Å². The first-order valence-electron chi connectivity index (χ1n) is 7.26. The maximum atomic E-state index is 13.4. The Kier molecular flexibility index (Phi) is 4.14. The van der Waals surface area contributed by atoms with Crippen molar-refractivity contribution in [1.29, 1.82) is 0 Å². The van der Waals surface area contributed by atoms with Crippen molar-refractivity contribution in [3.63, 3.8) is 0 Å². The molecule has 0 bridgehead atoms. The highest BCUT2D eigenvalue weighted by molar-refractivity contribution is 5.86. The molecular formula is C14H16F3N3O5. The number of alkyl halides is 3. The third-order valence-corrected chi connectivity index (χ3v) is 4.26. The summed E-state index contributed by atoms with van der Waals surface area (Å²) in [4.78, 5) is 7.53. The number of halogens is 3. The molecule has 0 radical (unpaired) electrons. The maximum absolute atomic E-state index is 13.4. The van der Waals surface area contributed by atoms with E-state index < -0.39 is 42.4 Å². The van der Waals surface area contributed by atoms with Gasteiger partial charge in [0.05, 0.1) is 24.7 Å². The largest absolute Gasteiger partial charge is 0.480 e. The van der Waals surface area contributed by atoms with Crippen molar-refractivity contribution in [1.82, 2.24) is 14.5 Å². The molecule has 2 aromatic rings. The number of aromatic nitrogens is 3. The number of aliphatic hydroxyl groups excluding tert-OH is 2. The van der Waals surface area contributed by atoms with E-state index in [0.717, 1.165) is 10.9 Å². The molecule has 2 aromatic heterocycles. The second-order valence-electron chi connectivity index (χ2n) is 5.91. The standard InChI is InChI=1S/C14H16F3N3O5/c1-13(23)9(22)7(4-21)25-12(13)20-3-6(14(15,16)17)8-10(20)18-5-19-11(8)24-2/h3,5,7,9,12,21-23H,4H2,1-2H3/t7-,9?,12-,13?/m1/s1. The Morgan fingerprint density at radius 3 is 2.60 bits per heavy atom. The Morgan fingerprint density at radius 2 is 2.08 bits per heavy atom. The number of nitrogens with zero attached hydrogens (tertiary/aromatic N) is 3. The van der Waals surface area contributed by atoms with Gasteiger partial charge in [0.1, 0.15) is 29.8 Å². The Labute approximate surface area is 139 Å². The lowest BCUT2D eigenvalue weighted by molar-refractivity contribution is -0.137. The molecule has 3 heterocycles. The average Bonchev–Trinajstić information content (AvgIpc) is 3.03. The van der Waals surface area contributed by atoms with E-state index in [1.54, 1.807) is 0 Å². The van der Waals surface area contributed by atoms with Gasteiger partial charge in [-0.3, -0.25) is 0 Å². The van der Waals surface area contributed by atoms with Crippen LogP contribution in [-0.2, 0) is 10.9 Å². The minimum Gasteiger partial charge on any atom is -0.480 e. The zero-order valence-corrected chi connectivity index (χ0v) is 13.2. The van der Waals surface area contributed by atoms with Gasteiger partial charge in [-0.1, -0.05) is 0 Å². The number of hydrogen-bond acceptors (Lipinski definition) is 7. The summed E-state index contributed by atoms with van der Waals surface area (Å²) in [5.41, 5.74) is -3.21. The molecule has 138 valence electrons. The Bertz CT molecular complexity index is 792. The summed E-state index contributed by atoms with van der Waals surface area (Å²) in [6.07, 6.45) is -7.07. The summed E-state index contributed by atoms with van der Waals surface area (Å²) < 4.78 is 51.5. The molecule has 4 atom stereocenters. The number of hydrogen-bond donors (Lipinski definition) is 3. The van der Waals surface area contributed by atoms with Crippen molar-refractivity contribution >= 4 is 11.0 Å². The molecule has 3 rings (SSSR count). The fraction of sp³-hybridized carbons (Fsp3) is 0.571. The molecule has 1 saturated heterocycles. The average molecular weight is 363 g/mol. The Balaban J connectivity index is 2.25. The minimum atomic E-state index is -4.74. The molecule has 1 aliphatic heterocycles. The SMILES string of the molecule is COc1ncnc2c1c(C(F)(F)F)cn2[C@@H]1O[C@H](CO)C(O)C1(C)O. The van der Waals surface area contributed by atoms with E-state index in [1.165, 1.54) is 14.0 Å². The van der Waals surface area contributed by atoms with Crippen LogP contribution in [0, 0.1) is 0 Å². The zero-order chi connectivity index (χ0) is 18.6. The number of aliphatic hydroxyl groups is 3. The first-order chi connectivity index (χ1) is 11.6. The second kappa shape index (κ2) is 5.80. The smallest absolute Gasteiger partial charge is 0.418 e. The van der Waals surface area contributed by atoms with Crippen molar-refractivity contribution in [2.24, 2.45) is 0 Å². The number of fused-ring (bicyclic) bond motifs is 1. The van der Waals surface area contributed by atoms with Gasteiger partial charge >= 0.3 is 6.18 Å². The van der Waals surface area contributed by atoms with E-state index in [2.05, 4.69) is 9.97 Å². The molecule has 0 aliphatic carbocycles. The zero-order valence-electron chi connectivity index (χ0n) is 13.2. The van der Waals surface area contributed by atoms with E-state index in [0.29, 0.717) is 6.20 Å². The van der Waals surface area contributed by atoms with Gasteiger partial charge in [0, 0.05) is 6.20 Å². The minimum absolute atomic E-state index is 0.185. The van der Waals surface area contributed by atoms with Crippen LogP contribution in [0.1, 0.15) is 18.7 Å². The van der Waals surface area contributed by atoms with Gasteiger partial charge in [0.15, 0.2) is 6.23 Å².